The Hall–Kier alpha value is -1.01. The van der Waals surface area contributed by atoms with E-state index in [9.17, 15) is 0 Å². The fourth-order valence-electron chi connectivity index (χ4n) is 1.02. The van der Waals surface area contributed by atoms with Crippen LogP contribution in [0, 0.1) is 13.8 Å². The Morgan fingerprint density at radius 2 is 2.29 bits per heavy atom. The maximum absolute atomic E-state index is 4.21. The van der Waals surface area contributed by atoms with E-state index >= 15 is 0 Å². The van der Waals surface area contributed by atoms with Crippen LogP contribution in [0.15, 0.2) is 6.20 Å². The predicted octanol–water partition coefficient (Wildman–Crippen LogP) is 2.22. The normalized spacial score (nSPS) is 10.4. The maximum atomic E-state index is 4.21. The van der Waals surface area contributed by atoms with Gasteiger partial charge in [-0.2, -0.15) is 4.37 Å². The highest BCUT2D eigenvalue weighted by Gasteiger charge is 2.01. The smallest absolute Gasteiger partial charge is 0.202 e. The van der Waals surface area contributed by atoms with Gasteiger partial charge in [-0.15, -0.1) is 11.3 Å². The van der Waals surface area contributed by atoms with Crippen molar-refractivity contribution in [3.05, 3.63) is 21.9 Å². The van der Waals surface area contributed by atoms with Gasteiger partial charge in [0.15, 0.2) is 0 Å². The summed E-state index contributed by atoms with van der Waals surface area (Å²) in [5.74, 6) is 0.818. The van der Waals surface area contributed by atoms with Crippen LogP contribution in [0.4, 0.5) is 5.13 Å². The lowest BCUT2D eigenvalue weighted by Crippen LogP contribution is -1.96. The molecule has 0 fully saturated rings. The fraction of sp³-hybridized carbons (Fsp3) is 0.375. The van der Waals surface area contributed by atoms with Crippen LogP contribution in [0.5, 0.6) is 0 Å². The van der Waals surface area contributed by atoms with Crippen LogP contribution in [-0.4, -0.2) is 14.3 Å². The first-order valence-corrected chi connectivity index (χ1v) is 5.78. The number of thiazole rings is 1. The van der Waals surface area contributed by atoms with Gasteiger partial charge in [-0.1, -0.05) is 0 Å². The Bertz CT molecular complexity index is 380. The molecular formula is C8H10N4S2. The molecule has 14 heavy (non-hydrogen) atoms. The van der Waals surface area contributed by atoms with E-state index in [2.05, 4.69) is 19.7 Å². The molecule has 0 atom stereocenters. The lowest BCUT2D eigenvalue weighted by Gasteiger charge is -1.96. The Morgan fingerprint density at radius 1 is 1.43 bits per heavy atom. The quantitative estimate of drug-likeness (QED) is 0.872. The molecule has 4 nitrogen and oxygen atoms in total. The summed E-state index contributed by atoms with van der Waals surface area (Å²) in [5, 5.41) is 5.17. The molecular weight excluding hydrogens is 216 g/mol. The monoisotopic (exact) mass is 226 g/mol. The van der Waals surface area contributed by atoms with Crippen molar-refractivity contribution < 1.29 is 0 Å². The maximum Gasteiger partial charge on any atom is 0.202 e. The molecule has 1 N–H and O–H groups in total. The number of hydrogen-bond donors (Lipinski definition) is 1. The van der Waals surface area contributed by atoms with E-state index in [1.54, 1.807) is 11.3 Å². The van der Waals surface area contributed by atoms with Crippen molar-refractivity contribution in [3.63, 3.8) is 0 Å². The molecule has 0 saturated heterocycles. The Morgan fingerprint density at radius 3 is 2.86 bits per heavy atom. The van der Waals surface area contributed by atoms with Crippen molar-refractivity contribution in [2.45, 2.75) is 20.4 Å². The average Bonchev–Trinajstić information content (AvgIpc) is 2.72. The van der Waals surface area contributed by atoms with Crippen LogP contribution in [0.2, 0.25) is 0 Å². The van der Waals surface area contributed by atoms with E-state index in [4.69, 9.17) is 0 Å². The van der Waals surface area contributed by atoms with Gasteiger partial charge in [0.25, 0.3) is 0 Å². The first kappa shape index (κ1) is 9.54. The minimum Gasteiger partial charge on any atom is -0.355 e. The van der Waals surface area contributed by atoms with Crippen molar-refractivity contribution in [2.24, 2.45) is 0 Å². The molecule has 2 rings (SSSR count). The number of aromatic nitrogens is 3. The molecule has 0 saturated carbocycles. The molecule has 0 radical (unpaired) electrons. The number of nitrogens with one attached hydrogen (secondary N) is 1. The van der Waals surface area contributed by atoms with Gasteiger partial charge in [0.05, 0.1) is 11.6 Å². The van der Waals surface area contributed by atoms with Crippen molar-refractivity contribution in [1.82, 2.24) is 14.3 Å². The van der Waals surface area contributed by atoms with Gasteiger partial charge in [0.1, 0.15) is 5.82 Å². The van der Waals surface area contributed by atoms with Gasteiger partial charge < -0.3 is 5.32 Å². The van der Waals surface area contributed by atoms with Gasteiger partial charge in [0, 0.05) is 22.6 Å². The zero-order valence-electron chi connectivity index (χ0n) is 7.94. The van der Waals surface area contributed by atoms with Crippen LogP contribution in [0.25, 0.3) is 0 Å². The summed E-state index contributed by atoms with van der Waals surface area (Å²) in [4.78, 5) is 9.61. The third-order valence-electron chi connectivity index (χ3n) is 1.61. The second kappa shape index (κ2) is 4.02. The van der Waals surface area contributed by atoms with Gasteiger partial charge in [-0.25, -0.2) is 9.97 Å². The molecule has 0 amide bonds. The molecule has 0 aromatic carbocycles. The summed E-state index contributed by atoms with van der Waals surface area (Å²) >= 11 is 3.08. The molecule has 0 aliphatic carbocycles. The predicted molar refractivity (Wildman–Crippen MR) is 58.8 cm³/mol. The standard InChI is InChI=1S/C8H10N4S2/c1-5-11-8(14-12-5)10-4-7-3-9-6(2)13-7/h3H,4H2,1-2H3,(H,10,11,12). The number of anilines is 1. The van der Waals surface area contributed by atoms with Crippen molar-refractivity contribution in [3.8, 4) is 0 Å². The van der Waals surface area contributed by atoms with E-state index in [0.717, 1.165) is 22.5 Å². The van der Waals surface area contributed by atoms with E-state index in [1.165, 1.54) is 16.4 Å². The Balaban J connectivity index is 1.94. The third kappa shape index (κ3) is 2.27. The molecule has 2 aromatic heterocycles. The van der Waals surface area contributed by atoms with Gasteiger partial charge in [0.2, 0.25) is 5.13 Å². The second-order valence-corrected chi connectivity index (χ2v) is 4.92. The zero-order chi connectivity index (χ0) is 9.97. The number of nitrogens with zero attached hydrogens (tertiary/aromatic N) is 3. The summed E-state index contributed by atoms with van der Waals surface area (Å²) in [7, 11) is 0. The zero-order valence-corrected chi connectivity index (χ0v) is 9.58. The Labute approximate surface area is 90.2 Å². The largest absolute Gasteiger partial charge is 0.355 e. The first-order valence-electron chi connectivity index (χ1n) is 4.19. The number of hydrogen-bond acceptors (Lipinski definition) is 6. The molecule has 2 heterocycles. The summed E-state index contributed by atoms with van der Waals surface area (Å²) in [6.07, 6.45) is 1.89. The van der Waals surface area contributed by atoms with Crippen LogP contribution in [0.1, 0.15) is 15.7 Å². The third-order valence-corrected chi connectivity index (χ3v) is 3.29. The highest BCUT2D eigenvalue weighted by Crippen LogP contribution is 2.15. The lowest BCUT2D eigenvalue weighted by atomic mass is 10.5. The fourth-order valence-corrected chi connectivity index (χ4v) is 2.32. The topological polar surface area (TPSA) is 50.7 Å². The molecule has 0 aliphatic heterocycles. The van der Waals surface area contributed by atoms with Crippen LogP contribution in [0.3, 0.4) is 0 Å². The molecule has 2 aromatic rings. The van der Waals surface area contributed by atoms with E-state index in [-0.39, 0.29) is 0 Å². The highest BCUT2D eigenvalue weighted by molar-refractivity contribution is 7.11. The summed E-state index contributed by atoms with van der Waals surface area (Å²) in [5.41, 5.74) is 0. The number of rotatable bonds is 3. The van der Waals surface area contributed by atoms with E-state index in [0.29, 0.717) is 0 Å². The van der Waals surface area contributed by atoms with E-state index in [1.807, 2.05) is 20.0 Å². The van der Waals surface area contributed by atoms with Crippen LogP contribution >= 0.6 is 22.9 Å². The van der Waals surface area contributed by atoms with Gasteiger partial charge in [-0.05, 0) is 13.8 Å². The SMILES string of the molecule is Cc1nsc(NCc2cnc(C)s2)n1. The van der Waals surface area contributed by atoms with E-state index < -0.39 is 0 Å². The molecule has 0 unspecified atom stereocenters. The van der Waals surface area contributed by atoms with Crippen molar-refractivity contribution >= 4 is 28.0 Å². The molecule has 74 valence electrons. The number of aryl methyl sites for hydroxylation is 2. The summed E-state index contributed by atoms with van der Waals surface area (Å²) in [6.45, 7) is 4.67. The summed E-state index contributed by atoms with van der Waals surface area (Å²) in [6, 6.07) is 0. The molecule has 0 aliphatic rings. The van der Waals surface area contributed by atoms with Crippen LogP contribution in [-0.2, 0) is 6.54 Å². The highest BCUT2D eigenvalue weighted by atomic mass is 32.1. The van der Waals surface area contributed by atoms with Crippen molar-refractivity contribution in [1.29, 1.82) is 0 Å². The minimum absolute atomic E-state index is 0.778. The molecule has 0 bridgehead atoms. The van der Waals surface area contributed by atoms with Gasteiger partial charge >= 0.3 is 0 Å². The molecule has 0 spiro atoms. The van der Waals surface area contributed by atoms with Crippen LogP contribution < -0.4 is 5.32 Å². The lowest BCUT2D eigenvalue weighted by molar-refractivity contribution is 1.11. The summed E-state index contributed by atoms with van der Waals surface area (Å²) < 4.78 is 4.09. The Kier molecular flexibility index (Phi) is 2.74. The first-order chi connectivity index (χ1) is 6.74. The van der Waals surface area contributed by atoms with Crippen molar-refractivity contribution in [2.75, 3.05) is 5.32 Å². The van der Waals surface area contributed by atoms with Gasteiger partial charge in [-0.3, -0.25) is 0 Å². The second-order valence-electron chi connectivity index (χ2n) is 2.85. The minimum atomic E-state index is 0.778. The average molecular weight is 226 g/mol. The molecule has 6 heteroatoms.